The Morgan fingerprint density at radius 2 is 2.04 bits per heavy atom. The molecule has 0 saturated heterocycles. The van der Waals surface area contributed by atoms with Crippen molar-refractivity contribution < 1.29 is 13.2 Å². The lowest BCUT2D eigenvalue weighted by Gasteiger charge is -2.10. The van der Waals surface area contributed by atoms with Crippen molar-refractivity contribution in [3.63, 3.8) is 0 Å². The number of hydrogen-bond donors (Lipinski definition) is 3. The van der Waals surface area contributed by atoms with Crippen LogP contribution in [0, 0.1) is 0 Å². The van der Waals surface area contributed by atoms with Gasteiger partial charge in [0.15, 0.2) is 11.5 Å². The number of amides is 1. The Balaban J connectivity index is 1.91. The predicted octanol–water partition coefficient (Wildman–Crippen LogP) is 1.67. The Kier molecular flexibility index (Phi) is 4.19. The van der Waals surface area contributed by atoms with Crippen molar-refractivity contribution in [3.8, 4) is 0 Å². The summed E-state index contributed by atoms with van der Waals surface area (Å²) >= 11 is 0. The van der Waals surface area contributed by atoms with E-state index in [1.54, 1.807) is 13.0 Å². The number of H-pyrrole nitrogens is 1. The molecular weight excluding hydrogens is 344 g/mol. The number of aromatic nitrogens is 4. The fourth-order valence-electron chi connectivity index (χ4n) is 2.01. The molecule has 0 aliphatic rings. The van der Waals surface area contributed by atoms with Gasteiger partial charge in [0.2, 0.25) is 0 Å². The zero-order chi connectivity index (χ0) is 18.0. The van der Waals surface area contributed by atoms with Crippen molar-refractivity contribution in [2.24, 2.45) is 0 Å². The molecule has 3 N–H and O–H groups in total. The van der Waals surface area contributed by atoms with Crippen LogP contribution in [0.15, 0.2) is 54.0 Å². The van der Waals surface area contributed by atoms with Gasteiger partial charge in [0.05, 0.1) is 11.2 Å². The summed E-state index contributed by atoms with van der Waals surface area (Å²) in [7, 11) is -3.92. The van der Waals surface area contributed by atoms with Crippen LogP contribution in [0.25, 0.3) is 11.2 Å². The van der Waals surface area contributed by atoms with Gasteiger partial charge in [-0.15, -0.1) is 0 Å². The first-order valence-electron chi connectivity index (χ1n) is 7.10. The number of benzene rings is 1. The van der Waals surface area contributed by atoms with Gasteiger partial charge in [-0.2, -0.15) is 0 Å². The second-order valence-corrected chi connectivity index (χ2v) is 6.87. The number of nitrogens with one attached hydrogen (secondary N) is 3. The molecule has 0 aliphatic heterocycles. The summed E-state index contributed by atoms with van der Waals surface area (Å²) in [6.45, 7) is 5.09. The highest BCUT2D eigenvalue weighted by Crippen LogP contribution is 2.21. The molecule has 9 nitrogen and oxygen atoms in total. The van der Waals surface area contributed by atoms with Crippen molar-refractivity contribution in [1.82, 2.24) is 19.9 Å². The van der Waals surface area contributed by atoms with Crippen molar-refractivity contribution >= 4 is 38.6 Å². The number of fused-ring (bicyclic) bond motifs is 1. The molecular formula is C15H14N6O3S. The molecule has 1 amide bonds. The van der Waals surface area contributed by atoms with Gasteiger partial charge in [0.1, 0.15) is 11.8 Å². The number of carbonyl (C=O) groups excluding carboxylic acids is 1. The van der Waals surface area contributed by atoms with Crippen LogP contribution < -0.4 is 10.0 Å². The summed E-state index contributed by atoms with van der Waals surface area (Å²) in [5.74, 6) is -0.309. The van der Waals surface area contributed by atoms with Gasteiger partial charge in [-0.05, 0) is 25.1 Å². The van der Waals surface area contributed by atoms with Gasteiger partial charge >= 0.3 is 0 Å². The van der Waals surface area contributed by atoms with Crippen LogP contribution in [0.1, 0.15) is 6.92 Å². The van der Waals surface area contributed by atoms with Crippen molar-refractivity contribution in [2.75, 3.05) is 10.0 Å². The van der Waals surface area contributed by atoms with E-state index in [9.17, 15) is 13.2 Å². The molecule has 0 aliphatic carbocycles. The number of hydrogen-bond acceptors (Lipinski definition) is 6. The number of aromatic amines is 1. The van der Waals surface area contributed by atoms with E-state index >= 15 is 0 Å². The lowest BCUT2D eigenvalue weighted by Crippen LogP contribution is -2.16. The van der Waals surface area contributed by atoms with Gasteiger partial charge in [-0.25, -0.2) is 23.4 Å². The Bertz CT molecular complexity index is 1070. The van der Waals surface area contributed by atoms with Gasteiger partial charge in [0, 0.05) is 11.3 Å². The van der Waals surface area contributed by atoms with E-state index in [0.29, 0.717) is 22.4 Å². The topological polar surface area (TPSA) is 130 Å². The van der Waals surface area contributed by atoms with Crippen LogP contribution in [0.5, 0.6) is 0 Å². The van der Waals surface area contributed by atoms with Gasteiger partial charge in [0.25, 0.3) is 15.9 Å². The van der Waals surface area contributed by atoms with E-state index in [0.717, 1.165) is 0 Å². The van der Waals surface area contributed by atoms with Gasteiger partial charge < -0.3 is 10.3 Å². The van der Waals surface area contributed by atoms with Crippen LogP contribution >= 0.6 is 0 Å². The maximum absolute atomic E-state index is 12.6. The Labute approximate surface area is 143 Å². The fourth-order valence-corrected chi connectivity index (χ4v) is 3.07. The molecule has 25 heavy (non-hydrogen) atoms. The average Bonchev–Trinajstić information content (AvgIpc) is 3.04. The number of carbonyl (C=O) groups is 1. The third kappa shape index (κ3) is 3.48. The average molecular weight is 358 g/mol. The summed E-state index contributed by atoms with van der Waals surface area (Å²) in [5.41, 5.74) is 1.37. The summed E-state index contributed by atoms with van der Waals surface area (Å²) in [4.78, 5) is 26.2. The highest BCUT2D eigenvalue weighted by atomic mass is 32.2. The van der Waals surface area contributed by atoms with Gasteiger partial charge in [-0.3, -0.25) is 9.52 Å². The maximum atomic E-state index is 12.6. The summed E-state index contributed by atoms with van der Waals surface area (Å²) in [6, 6.07) is 5.85. The summed E-state index contributed by atoms with van der Waals surface area (Å²) in [5, 5.41) is 2.57. The van der Waals surface area contributed by atoms with Crippen molar-refractivity contribution in [2.45, 2.75) is 11.8 Å². The van der Waals surface area contributed by atoms with E-state index < -0.39 is 15.9 Å². The highest BCUT2D eigenvalue weighted by Gasteiger charge is 2.18. The van der Waals surface area contributed by atoms with Crippen LogP contribution in [0.3, 0.4) is 0 Å². The first kappa shape index (κ1) is 16.6. The molecule has 0 atom stereocenters. The third-order valence-corrected chi connectivity index (χ3v) is 4.58. The Hall–Kier alpha value is -3.27. The smallest absolute Gasteiger partial charge is 0.263 e. The van der Waals surface area contributed by atoms with Crippen LogP contribution in [-0.4, -0.2) is 34.3 Å². The molecule has 2 heterocycles. The first-order chi connectivity index (χ1) is 11.9. The molecule has 3 rings (SSSR count). The molecule has 3 aromatic rings. The van der Waals surface area contributed by atoms with E-state index in [-0.39, 0.29) is 10.7 Å². The minimum Gasteiger partial charge on any atom is -0.340 e. The largest absolute Gasteiger partial charge is 0.340 e. The molecule has 0 bridgehead atoms. The standard InChI is InChI=1S/C15H14N6O3S/c1-9(2)15(22)20-10-4-3-5-11(6-10)25(23,24)21-14-12-13(17-7-16-12)18-8-19-14/h3-8H,1H2,2H3,(H,20,22)(H2,16,17,18,19,21). The maximum Gasteiger partial charge on any atom is 0.263 e. The second-order valence-electron chi connectivity index (χ2n) is 5.19. The molecule has 0 unspecified atom stereocenters. The summed E-state index contributed by atoms with van der Waals surface area (Å²) in [6.07, 6.45) is 2.61. The molecule has 10 heteroatoms. The minimum absolute atomic E-state index is 0.0294. The zero-order valence-electron chi connectivity index (χ0n) is 13.1. The van der Waals surface area contributed by atoms with E-state index in [4.69, 9.17) is 0 Å². The lowest BCUT2D eigenvalue weighted by atomic mass is 10.3. The number of rotatable bonds is 5. The molecule has 0 fully saturated rings. The van der Waals surface area contributed by atoms with Crippen molar-refractivity contribution in [1.29, 1.82) is 0 Å². The van der Waals surface area contributed by atoms with Crippen LogP contribution in [-0.2, 0) is 14.8 Å². The molecule has 2 aromatic heterocycles. The van der Waals surface area contributed by atoms with Crippen molar-refractivity contribution in [3.05, 3.63) is 49.1 Å². The van der Waals surface area contributed by atoms with Crippen LogP contribution in [0.2, 0.25) is 0 Å². The van der Waals surface area contributed by atoms with E-state index in [2.05, 4.69) is 36.6 Å². The predicted molar refractivity (Wildman–Crippen MR) is 92.4 cm³/mol. The fraction of sp³-hybridized carbons (Fsp3) is 0.0667. The number of imidazole rings is 1. The van der Waals surface area contributed by atoms with Crippen LogP contribution in [0.4, 0.5) is 11.5 Å². The molecule has 0 saturated carbocycles. The second kappa shape index (κ2) is 6.32. The summed E-state index contributed by atoms with van der Waals surface area (Å²) < 4.78 is 27.6. The molecule has 0 spiro atoms. The monoisotopic (exact) mass is 358 g/mol. The van der Waals surface area contributed by atoms with E-state index in [1.165, 1.54) is 30.9 Å². The van der Waals surface area contributed by atoms with Gasteiger partial charge in [-0.1, -0.05) is 12.6 Å². The highest BCUT2D eigenvalue weighted by molar-refractivity contribution is 7.92. The third-order valence-electron chi connectivity index (χ3n) is 3.24. The quantitative estimate of drug-likeness (QED) is 0.595. The normalized spacial score (nSPS) is 11.2. The minimum atomic E-state index is -3.92. The number of nitrogens with zero attached hydrogens (tertiary/aromatic N) is 3. The number of sulfonamides is 1. The number of anilines is 2. The Morgan fingerprint density at radius 3 is 2.80 bits per heavy atom. The SMILES string of the molecule is C=C(C)C(=O)Nc1cccc(S(=O)(=O)Nc2ncnc3nc[nH]c23)c1. The first-order valence-corrected chi connectivity index (χ1v) is 8.59. The zero-order valence-corrected chi connectivity index (χ0v) is 14.0. The Morgan fingerprint density at radius 1 is 1.24 bits per heavy atom. The van der Waals surface area contributed by atoms with E-state index in [1.807, 2.05) is 0 Å². The molecule has 1 aromatic carbocycles. The lowest BCUT2D eigenvalue weighted by molar-refractivity contribution is -0.112. The molecule has 128 valence electrons. The molecule has 0 radical (unpaired) electrons.